The SMILES string of the molecule is CCC(=O)C1=C[I-]N=C(NC(=O)C2CC2)C2=C1Nc1c(OC)cccc1O2. The summed E-state index contributed by atoms with van der Waals surface area (Å²) in [4.78, 5) is 24.8. The molecule has 0 bridgehead atoms. The molecule has 0 aromatic heterocycles. The first kappa shape index (κ1) is 18.0. The quantitative estimate of drug-likeness (QED) is 0.569. The summed E-state index contributed by atoms with van der Waals surface area (Å²) in [6.45, 7) is 1.82. The van der Waals surface area contributed by atoms with Crippen LogP contribution in [0.3, 0.4) is 0 Å². The molecule has 0 radical (unpaired) electrons. The van der Waals surface area contributed by atoms with Crippen molar-refractivity contribution in [2.45, 2.75) is 26.2 Å². The summed E-state index contributed by atoms with van der Waals surface area (Å²) in [7, 11) is 1.58. The fourth-order valence-corrected chi connectivity index (χ4v) is 4.53. The number of hydrogen-bond donors (Lipinski definition) is 2. The molecule has 1 aromatic rings. The van der Waals surface area contributed by atoms with E-state index in [9.17, 15) is 9.59 Å². The van der Waals surface area contributed by atoms with Crippen molar-refractivity contribution in [3.05, 3.63) is 39.3 Å². The van der Waals surface area contributed by atoms with Crippen molar-refractivity contribution in [1.82, 2.24) is 5.32 Å². The summed E-state index contributed by atoms with van der Waals surface area (Å²) >= 11 is -0.794. The Balaban J connectivity index is 1.77. The molecule has 1 aromatic carbocycles. The van der Waals surface area contributed by atoms with Gasteiger partial charge in [-0.15, -0.1) is 0 Å². The van der Waals surface area contributed by atoms with Crippen LogP contribution in [0, 0.1) is 5.92 Å². The van der Waals surface area contributed by atoms with E-state index >= 15 is 0 Å². The molecule has 7 nitrogen and oxygen atoms in total. The van der Waals surface area contributed by atoms with Crippen molar-refractivity contribution in [3.63, 3.8) is 0 Å². The van der Waals surface area contributed by atoms with E-state index in [1.165, 1.54) is 0 Å². The number of nitrogens with zero attached hydrogens (tertiary/aromatic N) is 1. The number of halogens is 1. The maximum absolute atomic E-state index is 12.5. The molecule has 1 amide bonds. The normalized spacial score (nSPS) is 18.3. The van der Waals surface area contributed by atoms with Gasteiger partial charge in [0.15, 0.2) is 0 Å². The predicted molar refractivity (Wildman–Crippen MR) is 96.0 cm³/mol. The molecule has 0 saturated heterocycles. The molecule has 8 heteroatoms. The van der Waals surface area contributed by atoms with E-state index < -0.39 is 21.5 Å². The number of carbonyl (C=O) groups is 2. The number of nitrogens with one attached hydrogen (secondary N) is 2. The molecular formula is C19H19IN3O4-. The molecule has 2 aliphatic heterocycles. The third kappa shape index (κ3) is 3.45. The zero-order valence-electron chi connectivity index (χ0n) is 15.0. The zero-order chi connectivity index (χ0) is 19.0. The molecule has 1 fully saturated rings. The van der Waals surface area contributed by atoms with Gasteiger partial charge in [0.2, 0.25) is 0 Å². The summed E-state index contributed by atoms with van der Waals surface area (Å²) in [5, 5.41) is 6.19. The molecule has 1 saturated carbocycles. The minimum absolute atomic E-state index is 0.00150. The van der Waals surface area contributed by atoms with Gasteiger partial charge >= 0.3 is 168 Å². The number of Topliss-reactive ketones (excluding diaryl/α,β-unsaturated/α-hetero) is 1. The number of anilines is 1. The second kappa shape index (κ2) is 7.34. The van der Waals surface area contributed by atoms with Gasteiger partial charge in [0.25, 0.3) is 0 Å². The van der Waals surface area contributed by atoms with Crippen LogP contribution in [0.5, 0.6) is 11.5 Å². The Hall–Kier alpha value is -2.36. The number of para-hydroxylation sites is 1. The topological polar surface area (TPSA) is 89.0 Å². The Bertz CT molecular complexity index is 916. The molecule has 2 N–H and O–H groups in total. The first-order chi connectivity index (χ1) is 13.1. The van der Waals surface area contributed by atoms with Crippen LogP contribution < -0.4 is 41.6 Å². The fraction of sp³-hybridized carbons (Fsp3) is 0.316. The third-order valence-electron chi connectivity index (χ3n) is 4.48. The van der Waals surface area contributed by atoms with Gasteiger partial charge in [-0.2, -0.15) is 0 Å². The van der Waals surface area contributed by atoms with Gasteiger partial charge in [-0.05, 0) is 0 Å². The molecule has 0 spiro atoms. The van der Waals surface area contributed by atoms with Crippen molar-refractivity contribution in [2.24, 2.45) is 9.12 Å². The van der Waals surface area contributed by atoms with Crippen molar-refractivity contribution in [3.8, 4) is 11.5 Å². The summed E-state index contributed by atoms with van der Waals surface area (Å²) in [5.41, 5.74) is 1.74. The number of carbonyl (C=O) groups excluding carboxylic acids is 2. The second-order valence-electron chi connectivity index (χ2n) is 6.36. The summed E-state index contributed by atoms with van der Waals surface area (Å²) in [6.07, 6.45) is 2.17. The number of ketones is 1. The van der Waals surface area contributed by atoms with E-state index in [-0.39, 0.29) is 17.6 Å². The Morgan fingerprint density at radius 1 is 1.41 bits per heavy atom. The van der Waals surface area contributed by atoms with E-state index in [4.69, 9.17) is 9.47 Å². The van der Waals surface area contributed by atoms with Gasteiger partial charge in [0.05, 0.1) is 0 Å². The van der Waals surface area contributed by atoms with E-state index in [0.29, 0.717) is 46.5 Å². The summed E-state index contributed by atoms with van der Waals surface area (Å²) in [5.74, 6) is 1.95. The number of rotatable bonds is 4. The van der Waals surface area contributed by atoms with Gasteiger partial charge < -0.3 is 0 Å². The van der Waals surface area contributed by atoms with Crippen molar-refractivity contribution in [1.29, 1.82) is 0 Å². The molecule has 3 aliphatic rings. The number of benzene rings is 1. The van der Waals surface area contributed by atoms with Crippen LogP contribution in [0.4, 0.5) is 5.69 Å². The average Bonchev–Trinajstić information content (AvgIpc) is 3.54. The number of allylic oxidation sites excluding steroid dienone is 1. The van der Waals surface area contributed by atoms with E-state index in [1.807, 2.05) is 23.1 Å². The average molecular weight is 480 g/mol. The summed E-state index contributed by atoms with van der Waals surface area (Å²) < 4.78 is 17.9. The van der Waals surface area contributed by atoms with Crippen LogP contribution in [-0.4, -0.2) is 24.6 Å². The molecule has 0 unspecified atom stereocenters. The van der Waals surface area contributed by atoms with Crippen molar-refractivity contribution >= 4 is 23.2 Å². The van der Waals surface area contributed by atoms with Gasteiger partial charge in [-0.1, -0.05) is 0 Å². The van der Waals surface area contributed by atoms with Gasteiger partial charge in [0, 0.05) is 0 Å². The predicted octanol–water partition coefficient (Wildman–Crippen LogP) is -0.484. The molecule has 2 heterocycles. The molecule has 1 aliphatic carbocycles. The zero-order valence-corrected chi connectivity index (χ0v) is 17.1. The van der Waals surface area contributed by atoms with Crippen LogP contribution in [0.15, 0.2) is 42.5 Å². The second-order valence-corrected chi connectivity index (χ2v) is 8.02. The third-order valence-corrected chi connectivity index (χ3v) is 6.15. The Labute approximate surface area is 167 Å². The maximum atomic E-state index is 12.5. The first-order valence-electron chi connectivity index (χ1n) is 8.74. The van der Waals surface area contributed by atoms with Crippen LogP contribution in [0.1, 0.15) is 26.2 Å². The van der Waals surface area contributed by atoms with Crippen molar-refractivity contribution in [2.75, 3.05) is 12.4 Å². The van der Waals surface area contributed by atoms with Gasteiger partial charge in [-0.25, -0.2) is 0 Å². The van der Waals surface area contributed by atoms with E-state index in [2.05, 4.69) is 13.8 Å². The fourth-order valence-electron chi connectivity index (χ4n) is 2.84. The number of hydrogen-bond acceptors (Lipinski definition) is 6. The molecule has 27 heavy (non-hydrogen) atoms. The van der Waals surface area contributed by atoms with E-state index in [1.54, 1.807) is 13.2 Å². The van der Waals surface area contributed by atoms with Crippen molar-refractivity contribution < 1.29 is 40.5 Å². The number of ether oxygens (including phenoxy) is 2. The van der Waals surface area contributed by atoms with Gasteiger partial charge in [-0.3, -0.25) is 0 Å². The molecule has 142 valence electrons. The molecule has 0 atom stereocenters. The monoisotopic (exact) mass is 480 g/mol. The first-order valence-corrected chi connectivity index (χ1v) is 10.9. The Kier molecular flexibility index (Phi) is 4.90. The van der Waals surface area contributed by atoms with E-state index in [0.717, 1.165) is 12.8 Å². The summed E-state index contributed by atoms with van der Waals surface area (Å²) in [6, 6.07) is 5.45. The number of methoxy groups -OCH3 is 1. The van der Waals surface area contributed by atoms with Gasteiger partial charge in [0.1, 0.15) is 0 Å². The Morgan fingerprint density at radius 3 is 2.93 bits per heavy atom. The molecular weight excluding hydrogens is 461 g/mol. The Morgan fingerprint density at radius 2 is 2.22 bits per heavy atom. The number of amides is 1. The molecule has 4 rings (SSSR count). The number of amidine groups is 1. The standard InChI is InChI=1S/C19H19IN3O4/c1-3-12(24)11-9-20-23-18(22-19(25)10-7-8-10)17-15(11)21-16-13(26-2)5-4-6-14(16)27-17/h4-6,9-10,21H,3,7-8H2,1-2H3,(H,22,23,25)/q-1. The van der Waals surface area contributed by atoms with Crippen LogP contribution in [-0.2, 0) is 9.59 Å². The van der Waals surface area contributed by atoms with Crippen LogP contribution in [0.2, 0.25) is 0 Å². The van der Waals surface area contributed by atoms with Crippen LogP contribution in [0.25, 0.3) is 0 Å². The van der Waals surface area contributed by atoms with Crippen LogP contribution >= 0.6 is 0 Å². The minimum atomic E-state index is -0.794. The number of fused-ring (bicyclic) bond motifs is 1.